The van der Waals surface area contributed by atoms with E-state index in [0.29, 0.717) is 25.0 Å². The lowest BCUT2D eigenvalue weighted by molar-refractivity contribution is -0.136. The van der Waals surface area contributed by atoms with Crippen LogP contribution < -0.4 is 5.32 Å². The molecule has 6 nitrogen and oxygen atoms in total. The molecule has 2 N–H and O–H groups in total. The molecule has 5 rings (SSSR count). The monoisotopic (exact) mass is 350 g/mol. The van der Waals surface area contributed by atoms with Gasteiger partial charge in [0.1, 0.15) is 0 Å². The molecule has 1 saturated heterocycles. The van der Waals surface area contributed by atoms with Crippen molar-refractivity contribution in [3.05, 3.63) is 41.6 Å². The number of piperazine rings is 1. The van der Waals surface area contributed by atoms with Crippen LogP contribution in [0.3, 0.4) is 0 Å². The zero-order chi connectivity index (χ0) is 17.8. The first-order chi connectivity index (χ1) is 12.6. The number of hydrogen-bond donors (Lipinski definition) is 2. The molecule has 2 aromatic rings. The van der Waals surface area contributed by atoms with Crippen molar-refractivity contribution in [1.82, 2.24) is 20.1 Å². The number of rotatable bonds is 2. The number of hydrogen-bond acceptors (Lipinski definition) is 4. The zero-order valence-electron chi connectivity index (χ0n) is 14.8. The summed E-state index contributed by atoms with van der Waals surface area (Å²) in [7, 11) is 2.18. The third-order valence-electron chi connectivity index (χ3n) is 5.85. The van der Waals surface area contributed by atoms with Crippen LogP contribution in [0.2, 0.25) is 0 Å². The Morgan fingerprint density at radius 3 is 2.81 bits per heavy atom. The fourth-order valence-corrected chi connectivity index (χ4v) is 4.82. The van der Waals surface area contributed by atoms with Gasteiger partial charge in [0, 0.05) is 42.1 Å². The minimum absolute atomic E-state index is 0.199. The second-order valence-electron chi connectivity index (χ2n) is 7.72. The molecule has 3 heterocycles. The fourth-order valence-electron chi connectivity index (χ4n) is 4.82. The molecule has 2 amide bonds. The van der Waals surface area contributed by atoms with Gasteiger partial charge in [0.05, 0.1) is 13.1 Å². The maximum atomic E-state index is 11.6. The van der Waals surface area contributed by atoms with Crippen molar-refractivity contribution in [2.45, 2.75) is 12.5 Å². The highest BCUT2D eigenvalue weighted by Gasteiger charge is 2.34. The molecule has 0 radical (unpaired) electrons. The molecule has 1 aromatic heterocycles. The molecular formula is C20H22N4O2. The number of likely N-dealkylation sites (N-methyl/N-ethyl adjacent to an activating group) is 1. The average molecular weight is 350 g/mol. The number of fused-ring (bicyclic) bond motifs is 2. The van der Waals surface area contributed by atoms with Crippen molar-refractivity contribution in [3.63, 3.8) is 0 Å². The Morgan fingerprint density at radius 2 is 2.00 bits per heavy atom. The molecule has 26 heavy (non-hydrogen) atoms. The van der Waals surface area contributed by atoms with Gasteiger partial charge in [-0.1, -0.05) is 18.2 Å². The highest BCUT2D eigenvalue weighted by atomic mass is 16.2. The predicted octanol–water partition coefficient (Wildman–Crippen LogP) is 0.996. The highest BCUT2D eigenvalue weighted by Crippen LogP contribution is 2.40. The Hall–Kier alpha value is -2.44. The van der Waals surface area contributed by atoms with Gasteiger partial charge in [-0.15, -0.1) is 0 Å². The maximum absolute atomic E-state index is 11.6. The standard InChI is InChI=1S/C20H22N4O2/c1-23-8-12(9-24-10-18(25)22-19(26)11-24)5-15-14-3-2-4-16-20(14)13(7-21-16)6-17(15)23/h2-5,7,12,17,21H,6,8-11H2,1H3,(H,22,25,26)/t12-,17-/m0/s1. The topological polar surface area (TPSA) is 68.4 Å². The number of nitrogens with one attached hydrogen (secondary N) is 2. The lowest BCUT2D eigenvalue weighted by Gasteiger charge is -2.41. The molecule has 0 saturated carbocycles. The third-order valence-corrected chi connectivity index (χ3v) is 5.85. The third kappa shape index (κ3) is 2.48. The lowest BCUT2D eigenvalue weighted by atomic mass is 9.80. The van der Waals surface area contributed by atoms with Crippen molar-refractivity contribution >= 4 is 28.3 Å². The minimum Gasteiger partial charge on any atom is -0.361 e. The number of H-pyrrole nitrogens is 1. The quantitative estimate of drug-likeness (QED) is 0.793. The van der Waals surface area contributed by atoms with Crippen molar-refractivity contribution < 1.29 is 9.59 Å². The van der Waals surface area contributed by atoms with Gasteiger partial charge in [0.2, 0.25) is 11.8 Å². The number of aromatic nitrogens is 1. The van der Waals surface area contributed by atoms with Crippen molar-refractivity contribution in [2.75, 3.05) is 33.2 Å². The number of carbonyl (C=O) groups is 2. The van der Waals surface area contributed by atoms with E-state index in [1.165, 1.54) is 27.6 Å². The summed E-state index contributed by atoms with van der Waals surface area (Å²) in [4.78, 5) is 31.1. The first-order valence-electron chi connectivity index (χ1n) is 9.15. The number of imide groups is 1. The van der Waals surface area contributed by atoms with Gasteiger partial charge in [0.25, 0.3) is 0 Å². The van der Waals surface area contributed by atoms with Crippen LogP contribution in [0.25, 0.3) is 16.5 Å². The van der Waals surface area contributed by atoms with Crippen LogP contribution in [0.5, 0.6) is 0 Å². The van der Waals surface area contributed by atoms with Gasteiger partial charge in [-0.25, -0.2) is 0 Å². The van der Waals surface area contributed by atoms with Gasteiger partial charge >= 0.3 is 0 Å². The molecule has 6 heteroatoms. The summed E-state index contributed by atoms with van der Waals surface area (Å²) in [6, 6.07) is 6.85. The molecule has 1 aromatic carbocycles. The second-order valence-corrected chi connectivity index (χ2v) is 7.72. The summed E-state index contributed by atoms with van der Waals surface area (Å²) in [6.07, 6.45) is 5.55. The molecule has 0 spiro atoms. The predicted molar refractivity (Wildman–Crippen MR) is 99.5 cm³/mol. The first kappa shape index (κ1) is 15.8. The van der Waals surface area contributed by atoms with Gasteiger partial charge in [0.15, 0.2) is 0 Å². The Morgan fingerprint density at radius 1 is 1.19 bits per heavy atom. The molecule has 0 unspecified atom stereocenters. The van der Waals surface area contributed by atoms with Gasteiger partial charge in [-0.05, 0) is 36.2 Å². The summed E-state index contributed by atoms with van der Waals surface area (Å²) < 4.78 is 0. The van der Waals surface area contributed by atoms with Crippen LogP contribution in [0.15, 0.2) is 30.5 Å². The van der Waals surface area contributed by atoms with Gasteiger partial charge in [-0.3, -0.25) is 24.7 Å². The number of nitrogens with zero attached hydrogens (tertiary/aromatic N) is 2. The number of benzene rings is 1. The van der Waals surface area contributed by atoms with E-state index in [4.69, 9.17) is 0 Å². The number of carbonyl (C=O) groups excluding carboxylic acids is 2. The summed E-state index contributed by atoms with van der Waals surface area (Å²) in [5.41, 5.74) is 5.29. The average Bonchev–Trinajstić information content (AvgIpc) is 3.00. The summed E-state index contributed by atoms with van der Waals surface area (Å²) in [5.74, 6) is -0.0913. The Balaban J connectivity index is 1.48. The molecule has 2 atom stereocenters. The summed E-state index contributed by atoms with van der Waals surface area (Å²) in [6.45, 7) is 2.28. The number of aromatic amines is 1. The first-order valence-corrected chi connectivity index (χ1v) is 9.15. The lowest BCUT2D eigenvalue weighted by Crippen LogP contribution is -2.53. The van der Waals surface area contributed by atoms with Crippen molar-refractivity contribution in [1.29, 1.82) is 0 Å². The van der Waals surface area contributed by atoms with Crippen LogP contribution in [-0.2, 0) is 16.0 Å². The zero-order valence-corrected chi connectivity index (χ0v) is 14.8. The van der Waals surface area contributed by atoms with Gasteiger partial charge < -0.3 is 4.98 Å². The van der Waals surface area contributed by atoms with E-state index in [1.807, 2.05) is 4.90 Å². The molecule has 1 aliphatic carbocycles. The van der Waals surface area contributed by atoms with Crippen molar-refractivity contribution in [3.8, 4) is 0 Å². The molecule has 134 valence electrons. The highest BCUT2D eigenvalue weighted by molar-refractivity contribution is 5.99. The molecular weight excluding hydrogens is 328 g/mol. The van der Waals surface area contributed by atoms with E-state index >= 15 is 0 Å². The molecule has 2 aliphatic heterocycles. The summed E-state index contributed by atoms with van der Waals surface area (Å²) >= 11 is 0. The van der Waals surface area contributed by atoms with E-state index in [2.05, 4.69) is 52.7 Å². The normalized spacial score (nSPS) is 26.6. The van der Waals surface area contributed by atoms with Crippen LogP contribution in [-0.4, -0.2) is 65.9 Å². The van der Waals surface area contributed by atoms with E-state index in [9.17, 15) is 9.59 Å². The largest absolute Gasteiger partial charge is 0.361 e. The van der Waals surface area contributed by atoms with E-state index in [1.54, 1.807) is 0 Å². The smallest absolute Gasteiger partial charge is 0.240 e. The molecule has 3 aliphatic rings. The molecule has 1 fully saturated rings. The number of amides is 2. The van der Waals surface area contributed by atoms with E-state index in [0.717, 1.165) is 19.5 Å². The van der Waals surface area contributed by atoms with E-state index in [-0.39, 0.29) is 11.8 Å². The second kappa shape index (κ2) is 5.79. The Kier molecular flexibility index (Phi) is 3.52. The van der Waals surface area contributed by atoms with Crippen LogP contribution >= 0.6 is 0 Å². The van der Waals surface area contributed by atoms with Gasteiger partial charge in [-0.2, -0.15) is 0 Å². The van der Waals surface area contributed by atoms with E-state index < -0.39 is 0 Å². The van der Waals surface area contributed by atoms with Crippen LogP contribution in [0.1, 0.15) is 11.1 Å². The Labute approximate surface area is 151 Å². The van der Waals surface area contributed by atoms with Crippen molar-refractivity contribution in [2.24, 2.45) is 5.92 Å². The Bertz CT molecular complexity index is 928. The summed E-state index contributed by atoms with van der Waals surface area (Å²) in [5, 5.41) is 3.72. The SMILES string of the molecule is CN1C[C@@H](CN2CC(=O)NC(=O)C2)C=C2c3cccc4[nH]cc(c34)C[C@@H]21. The van der Waals surface area contributed by atoms with Crippen LogP contribution in [0.4, 0.5) is 0 Å². The minimum atomic E-state index is -0.199. The van der Waals surface area contributed by atoms with Crippen LogP contribution in [0, 0.1) is 5.92 Å². The fraction of sp³-hybridized carbons (Fsp3) is 0.400. The maximum Gasteiger partial charge on any atom is 0.240 e. The molecule has 0 bridgehead atoms.